The summed E-state index contributed by atoms with van der Waals surface area (Å²) >= 11 is 1.40. The summed E-state index contributed by atoms with van der Waals surface area (Å²) in [4.78, 5) is 155. The molecule has 1 saturated heterocycles. The van der Waals surface area contributed by atoms with Crippen LogP contribution >= 0.6 is 33.3 Å². The van der Waals surface area contributed by atoms with Gasteiger partial charge in [0.05, 0.1) is 19.8 Å². The first-order valence-electron chi connectivity index (χ1n) is 32.5. The van der Waals surface area contributed by atoms with Crippen molar-refractivity contribution in [2.24, 2.45) is 11.8 Å². The molecule has 4 rings (SSSR count). The first-order chi connectivity index (χ1) is 45.6. The van der Waals surface area contributed by atoms with Crippen molar-refractivity contribution in [2.45, 2.75) is 175 Å². The van der Waals surface area contributed by atoms with Crippen molar-refractivity contribution in [3.8, 4) is 0 Å². The number of cyclic esters (lactones) is 1. The van der Waals surface area contributed by atoms with Gasteiger partial charge in [0.25, 0.3) is 0 Å². The summed E-state index contributed by atoms with van der Waals surface area (Å²) in [6.45, 7) is 18.5. The Labute approximate surface area is 576 Å². The maximum absolute atomic E-state index is 14.8. The zero-order valence-corrected chi connectivity index (χ0v) is 59.8. The maximum atomic E-state index is 14.8. The Morgan fingerprint density at radius 1 is 0.615 bits per heavy atom. The van der Waals surface area contributed by atoms with E-state index in [9.17, 15) is 52.7 Å². The molecule has 28 heteroatoms. The Balaban J connectivity index is 1.53. The third kappa shape index (κ3) is 29.5. The van der Waals surface area contributed by atoms with Gasteiger partial charge in [0, 0.05) is 37.3 Å². The van der Waals surface area contributed by atoms with Gasteiger partial charge in [0.1, 0.15) is 73.2 Å². The van der Waals surface area contributed by atoms with E-state index in [0.717, 1.165) is 16.9 Å². The van der Waals surface area contributed by atoms with E-state index in [4.69, 9.17) is 18.9 Å². The van der Waals surface area contributed by atoms with Gasteiger partial charge in [-0.3, -0.25) is 43.2 Å². The van der Waals surface area contributed by atoms with Crippen molar-refractivity contribution in [1.82, 2.24) is 53.2 Å². The van der Waals surface area contributed by atoms with E-state index < -0.39 is 150 Å². The van der Waals surface area contributed by atoms with Gasteiger partial charge in [0.2, 0.25) is 53.2 Å². The molecule has 3 aromatic rings. The number of amides is 10. The molecule has 1 heterocycles. The molecule has 0 spiro atoms. The van der Waals surface area contributed by atoms with E-state index in [1.54, 1.807) is 114 Å². The summed E-state index contributed by atoms with van der Waals surface area (Å²) in [7, 11) is 2.99. The number of carbonyl (C=O) groups is 11. The summed E-state index contributed by atoms with van der Waals surface area (Å²) < 4.78 is 22.3. The number of benzene rings is 3. The normalized spacial score (nSPS) is 18.9. The molecule has 10 N–H and O–H groups in total. The molecule has 10 amide bonds. The molecule has 530 valence electrons. The highest BCUT2D eigenvalue weighted by Gasteiger charge is 2.38. The van der Waals surface area contributed by atoms with Crippen molar-refractivity contribution in [1.29, 1.82) is 0 Å². The van der Waals surface area contributed by atoms with Crippen LogP contribution in [0.4, 0.5) is 4.79 Å². The summed E-state index contributed by atoms with van der Waals surface area (Å²) in [5.74, 6) is -7.12. The molecule has 1 aliphatic rings. The fourth-order valence-corrected chi connectivity index (χ4v) is 11.9. The highest BCUT2D eigenvalue weighted by atomic mass is 33.1. The fourth-order valence-electron chi connectivity index (χ4n) is 9.59. The van der Waals surface area contributed by atoms with Crippen LogP contribution in [0.15, 0.2) is 78.9 Å². The van der Waals surface area contributed by atoms with Gasteiger partial charge in [-0.2, -0.15) is 11.8 Å². The highest BCUT2D eigenvalue weighted by Crippen LogP contribution is 2.22. The van der Waals surface area contributed by atoms with E-state index in [1.807, 2.05) is 58.2 Å². The number of thioether (sulfide) groups is 1. The second-order valence-corrected chi connectivity index (χ2v) is 28.5. The van der Waals surface area contributed by atoms with Crippen LogP contribution in [0.3, 0.4) is 0 Å². The Bertz CT molecular complexity index is 3010. The van der Waals surface area contributed by atoms with Crippen LogP contribution in [0.5, 0.6) is 0 Å². The molecule has 3 aromatic carbocycles. The largest absolute Gasteiger partial charge is 0.461 e. The van der Waals surface area contributed by atoms with Gasteiger partial charge in [-0.15, -0.1) is 0 Å². The standard InChI is InChI=1S/C68H100N10O15S3/c1-13-44(8)57-65(87)72-49(29-34-94-12)66(88)92-38-53(63(85)74-51(37-47-27-23-43(7)24-28-47)61(83)73-52(62(84)78-57)35-45-19-17-16-18-20-45)75-64(86)56(41(4)5)77-59(81)48(14-2)71-60(82)50(36-46-25-21-42(6)22-26-46)70-55(79)39-91-33-32-90-31-30-69-58(80)54(40-96-95-15-3)76-67(89)93-68(9,10)11/h16-28,41,44,48-54,56-57H,13-15,29-40H2,1-12H3,(H,69,80)(H,70,79)(H,71,82)(H,72,87)(H,73,83)(H,74,85)(H,75,86)(H,76,89)(H,77,81)(H,78,84)/t44?,48-,49-,50-,51-,52-,53-,54-,56-,57-/m0/s1. The zero-order valence-electron chi connectivity index (χ0n) is 57.3. The molecule has 0 aliphatic carbocycles. The number of hydrogen-bond acceptors (Lipinski definition) is 18. The molecule has 1 aliphatic heterocycles. The van der Waals surface area contributed by atoms with Crippen molar-refractivity contribution < 1.29 is 71.7 Å². The molecule has 1 fully saturated rings. The Morgan fingerprint density at radius 2 is 1.20 bits per heavy atom. The smallest absolute Gasteiger partial charge is 0.408 e. The third-order valence-corrected chi connectivity index (χ3v) is 18.4. The number of nitrogens with one attached hydrogen (secondary N) is 10. The lowest BCUT2D eigenvalue weighted by Gasteiger charge is -2.30. The lowest BCUT2D eigenvalue weighted by molar-refractivity contribution is -0.151. The van der Waals surface area contributed by atoms with Crippen molar-refractivity contribution >= 4 is 98.6 Å². The first-order valence-corrected chi connectivity index (χ1v) is 36.4. The Hall–Kier alpha value is -7.40. The minimum atomic E-state index is -1.72. The first kappa shape index (κ1) is 81.0. The van der Waals surface area contributed by atoms with Crippen molar-refractivity contribution in [2.75, 3.05) is 63.1 Å². The van der Waals surface area contributed by atoms with E-state index in [2.05, 4.69) is 53.2 Å². The van der Waals surface area contributed by atoms with Crippen LogP contribution in [0.25, 0.3) is 0 Å². The molecule has 0 radical (unpaired) electrons. The van der Waals surface area contributed by atoms with Gasteiger partial charge in [-0.1, -0.05) is 160 Å². The number of alkyl carbamates (subject to hydrolysis) is 1. The Morgan fingerprint density at radius 3 is 1.79 bits per heavy atom. The van der Waals surface area contributed by atoms with E-state index >= 15 is 0 Å². The van der Waals surface area contributed by atoms with Crippen molar-refractivity contribution in [3.63, 3.8) is 0 Å². The topological polar surface area (TPSA) is 345 Å². The molecule has 96 heavy (non-hydrogen) atoms. The second-order valence-electron chi connectivity index (χ2n) is 24.8. The van der Waals surface area contributed by atoms with Crippen molar-refractivity contribution in [3.05, 3.63) is 107 Å². The van der Waals surface area contributed by atoms with Crippen LogP contribution in [0, 0.1) is 25.7 Å². The van der Waals surface area contributed by atoms with E-state index in [0.29, 0.717) is 34.6 Å². The lowest BCUT2D eigenvalue weighted by atomic mass is 9.96. The molecular formula is C68H100N10O15S3. The lowest BCUT2D eigenvalue weighted by Crippen LogP contribution is -2.63. The summed E-state index contributed by atoms with van der Waals surface area (Å²) in [6, 6.07) is 11.9. The quantitative estimate of drug-likeness (QED) is 0.0229. The number of hydrogen-bond donors (Lipinski definition) is 10. The average molecular weight is 1390 g/mol. The Kier molecular flexibility index (Phi) is 35.7. The van der Waals surface area contributed by atoms with Crippen LogP contribution in [0.2, 0.25) is 0 Å². The minimum absolute atomic E-state index is 0.00363. The number of esters is 1. The molecular weight excluding hydrogens is 1290 g/mol. The average Bonchev–Trinajstić information content (AvgIpc) is 0.875. The highest BCUT2D eigenvalue weighted by molar-refractivity contribution is 8.76. The van der Waals surface area contributed by atoms with Crippen LogP contribution in [-0.4, -0.2) is 188 Å². The van der Waals surface area contributed by atoms with E-state index in [1.165, 1.54) is 22.6 Å². The predicted molar refractivity (Wildman–Crippen MR) is 372 cm³/mol. The number of ether oxygens (including phenoxy) is 4. The molecule has 0 bridgehead atoms. The second kappa shape index (κ2) is 42.3. The summed E-state index contributed by atoms with van der Waals surface area (Å²) in [5, 5.41) is 27.4. The van der Waals surface area contributed by atoms with Gasteiger partial charge in [-0.25, -0.2) is 9.59 Å². The summed E-state index contributed by atoms with van der Waals surface area (Å²) in [6.07, 6.45) is 1.58. The number of rotatable bonds is 34. The fraction of sp³-hybridized carbons (Fsp3) is 0.574. The van der Waals surface area contributed by atoms with Gasteiger partial charge in [-0.05, 0) is 88.0 Å². The molecule has 1 unspecified atom stereocenters. The third-order valence-electron chi connectivity index (χ3n) is 15.2. The molecule has 0 aromatic heterocycles. The van der Waals surface area contributed by atoms with Gasteiger partial charge < -0.3 is 72.1 Å². The maximum Gasteiger partial charge on any atom is 0.408 e. The van der Waals surface area contributed by atoms with Crippen LogP contribution in [-0.2, 0) is 86.2 Å². The number of carbonyl (C=O) groups excluding carboxylic acids is 11. The minimum Gasteiger partial charge on any atom is -0.461 e. The predicted octanol–water partition coefficient (Wildman–Crippen LogP) is 4.08. The van der Waals surface area contributed by atoms with E-state index in [-0.39, 0.29) is 58.5 Å². The van der Waals surface area contributed by atoms with Gasteiger partial charge >= 0.3 is 12.1 Å². The molecule has 10 atom stereocenters. The van der Waals surface area contributed by atoms with Crippen LogP contribution < -0.4 is 53.2 Å². The van der Waals surface area contributed by atoms with Gasteiger partial charge in [0.15, 0.2) is 0 Å². The monoisotopic (exact) mass is 1390 g/mol. The van der Waals surface area contributed by atoms with Crippen LogP contribution in [0.1, 0.15) is 109 Å². The molecule has 0 saturated carbocycles. The SMILES string of the molecule is CCSSC[C@H](NC(=O)OC(C)(C)C)C(=O)NCCOCCOCC(=O)N[C@@H](Cc1ccc(C)cc1)C(=O)N[C@@H](CC)C(=O)N[C@H](C(=O)N[C@H]1COC(=O)[C@H](CCSC)NC(=O)[C@H](C(C)CC)NC(=O)[C@H](Cc2ccccc2)NC(=O)[C@H](Cc2ccc(C)cc2)NC1=O)C(C)C. The zero-order chi connectivity index (χ0) is 70.9. The molecule has 25 nitrogen and oxygen atoms in total. The summed E-state index contributed by atoms with van der Waals surface area (Å²) in [5.41, 5.74) is 3.14. The number of aryl methyl sites for hydroxylation is 2.